The Balaban J connectivity index is 1.95. The average Bonchev–Trinajstić information content (AvgIpc) is 2.77. The number of hydrogen-bond acceptors (Lipinski definition) is 3. The predicted octanol–water partition coefficient (Wildman–Crippen LogP) is 2.52. The maximum absolute atomic E-state index is 4.18. The molecule has 0 aliphatic heterocycles. The van der Waals surface area contributed by atoms with Gasteiger partial charge in [-0.3, -0.25) is 0 Å². The van der Waals surface area contributed by atoms with E-state index in [1.54, 1.807) is 0 Å². The fourth-order valence-electron chi connectivity index (χ4n) is 1.73. The lowest BCUT2D eigenvalue weighted by atomic mass is 10.1. The molecule has 1 aromatic heterocycles. The second-order valence-electron chi connectivity index (χ2n) is 6.00. The normalized spacial score (nSPS) is 11.8. The van der Waals surface area contributed by atoms with E-state index in [4.69, 9.17) is 0 Å². The molecule has 0 aliphatic rings. The van der Waals surface area contributed by atoms with Gasteiger partial charge < -0.3 is 5.32 Å². The van der Waals surface area contributed by atoms with Crippen molar-refractivity contribution in [2.24, 2.45) is 0 Å². The number of nitrogens with one attached hydrogen (secondary N) is 1. The summed E-state index contributed by atoms with van der Waals surface area (Å²) < 4.78 is 1.88. The molecule has 2 aromatic rings. The quantitative estimate of drug-likeness (QED) is 0.916. The Kier molecular flexibility index (Phi) is 4.00. The number of rotatable bonds is 4. The Bertz CT molecular complexity index is 520. The molecule has 0 unspecified atom stereocenters. The highest BCUT2D eigenvalue weighted by Gasteiger charge is 2.10. The topological polar surface area (TPSA) is 42.7 Å². The first-order chi connectivity index (χ1) is 8.92. The number of nitrogens with zero attached hydrogens (tertiary/aromatic N) is 3. The van der Waals surface area contributed by atoms with Gasteiger partial charge in [-0.1, -0.05) is 35.0 Å². The van der Waals surface area contributed by atoms with E-state index >= 15 is 0 Å². The van der Waals surface area contributed by atoms with Crippen molar-refractivity contribution in [3.8, 4) is 0 Å². The van der Waals surface area contributed by atoms with Crippen LogP contribution in [0.5, 0.6) is 0 Å². The third-order valence-electron chi connectivity index (χ3n) is 2.85. The molecular formula is C15H22N4. The molecule has 0 amide bonds. The molecule has 0 saturated carbocycles. The van der Waals surface area contributed by atoms with Crippen molar-refractivity contribution in [1.82, 2.24) is 20.3 Å². The van der Waals surface area contributed by atoms with Gasteiger partial charge in [-0.25, -0.2) is 4.68 Å². The third-order valence-corrected chi connectivity index (χ3v) is 2.85. The summed E-state index contributed by atoms with van der Waals surface area (Å²) in [5, 5.41) is 11.8. The molecule has 102 valence electrons. The lowest BCUT2D eigenvalue weighted by molar-refractivity contribution is 0.421. The van der Waals surface area contributed by atoms with E-state index in [2.05, 4.69) is 67.6 Å². The molecule has 2 rings (SSSR count). The van der Waals surface area contributed by atoms with Crippen molar-refractivity contribution in [3.05, 3.63) is 47.3 Å². The molecule has 19 heavy (non-hydrogen) atoms. The molecule has 0 spiro atoms. The summed E-state index contributed by atoms with van der Waals surface area (Å²) in [6, 6.07) is 8.50. The number of aromatic nitrogens is 3. The molecule has 1 heterocycles. The van der Waals surface area contributed by atoms with Crippen molar-refractivity contribution in [3.63, 3.8) is 0 Å². The van der Waals surface area contributed by atoms with Crippen LogP contribution in [0.2, 0.25) is 0 Å². The molecule has 4 nitrogen and oxygen atoms in total. The minimum Gasteiger partial charge on any atom is -0.306 e. The van der Waals surface area contributed by atoms with Crippen LogP contribution >= 0.6 is 0 Å². The molecule has 1 aromatic carbocycles. The van der Waals surface area contributed by atoms with Gasteiger partial charge in [0.2, 0.25) is 0 Å². The highest BCUT2D eigenvalue weighted by Crippen LogP contribution is 2.06. The second-order valence-corrected chi connectivity index (χ2v) is 6.00. The smallest absolute Gasteiger partial charge is 0.0965 e. The standard InChI is InChI=1S/C15H22N4/c1-12-5-7-13(8-6-12)10-19-11-14(17-18-19)9-16-15(2,3)4/h5-8,11,16H,9-10H2,1-4H3. The molecule has 4 heteroatoms. The van der Waals surface area contributed by atoms with Gasteiger partial charge in [0, 0.05) is 12.1 Å². The molecule has 1 N–H and O–H groups in total. The van der Waals surface area contributed by atoms with E-state index in [1.807, 2.05) is 10.9 Å². The minimum atomic E-state index is 0.0980. The molecule has 0 fully saturated rings. The van der Waals surface area contributed by atoms with Crippen LogP contribution in [0.4, 0.5) is 0 Å². The molecule has 0 bridgehead atoms. The zero-order valence-electron chi connectivity index (χ0n) is 12.1. The van der Waals surface area contributed by atoms with Gasteiger partial charge in [0.25, 0.3) is 0 Å². The Morgan fingerprint density at radius 3 is 2.47 bits per heavy atom. The zero-order chi connectivity index (χ0) is 13.9. The number of benzene rings is 1. The van der Waals surface area contributed by atoms with Crippen molar-refractivity contribution >= 4 is 0 Å². The Morgan fingerprint density at radius 1 is 1.16 bits per heavy atom. The van der Waals surface area contributed by atoms with Crippen LogP contribution in [0.15, 0.2) is 30.5 Å². The number of hydrogen-bond donors (Lipinski definition) is 1. The molecule has 0 aliphatic carbocycles. The van der Waals surface area contributed by atoms with E-state index in [-0.39, 0.29) is 5.54 Å². The largest absolute Gasteiger partial charge is 0.306 e. The second kappa shape index (κ2) is 5.53. The van der Waals surface area contributed by atoms with Crippen molar-refractivity contribution in [2.75, 3.05) is 0 Å². The Labute approximate surface area is 114 Å². The average molecular weight is 258 g/mol. The van der Waals surface area contributed by atoms with Gasteiger partial charge in [-0.15, -0.1) is 5.10 Å². The van der Waals surface area contributed by atoms with Crippen LogP contribution in [0.1, 0.15) is 37.6 Å². The van der Waals surface area contributed by atoms with E-state index < -0.39 is 0 Å². The van der Waals surface area contributed by atoms with Crippen LogP contribution in [-0.2, 0) is 13.1 Å². The van der Waals surface area contributed by atoms with Crippen molar-refractivity contribution < 1.29 is 0 Å². The maximum atomic E-state index is 4.18. The van der Waals surface area contributed by atoms with E-state index in [0.717, 1.165) is 18.8 Å². The van der Waals surface area contributed by atoms with Gasteiger partial charge in [-0.05, 0) is 33.3 Å². The first-order valence-corrected chi connectivity index (χ1v) is 6.62. The van der Waals surface area contributed by atoms with Gasteiger partial charge >= 0.3 is 0 Å². The monoisotopic (exact) mass is 258 g/mol. The summed E-state index contributed by atoms with van der Waals surface area (Å²) in [5.41, 5.74) is 3.59. The van der Waals surface area contributed by atoms with Crippen LogP contribution in [-0.4, -0.2) is 20.5 Å². The summed E-state index contributed by atoms with van der Waals surface area (Å²) in [6.45, 7) is 10.0. The zero-order valence-corrected chi connectivity index (χ0v) is 12.1. The fourth-order valence-corrected chi connectivity index (χ4v) is 1.73. The van der Waals surface area contributed by atoms with E-state index in [0.29, 0.717) is 0 Å². The lowest BCUT2D eigenvalue weighted by Gasteiger charge is -2.19. The molecule has 0 saturated heterocycles. The molecule has 0 radical (unpaired) electrons. The van der Waals surface area contributed by atoms with E-state index in [1.165, 1.54) is 11.1 Å². The van der Waals surface area contributed by atoms with Gasteiger partial charge in [-0.2, -0.15) is 0 Å². The van der Waals surface area contributed by atoms with Gasteiger partial charge in [0.15, 0.2) is 0 Å². The summed E-state index contributed by atoms with van der Waals surface area (Å²) >= 11 is 0. The first kappa shape index (κ1) is 13.7. The Morgan fingerprint density at radius 2 is 1.84 bits per heavy atom. The summed E-state index contributed by atoms with van der Waals surface area (Å²) in [5.74, 6) is 0. The van der Waals surface area contributed by atoms with Crippen LogP contribution in [0, 0.1) is 6.92 Å². The lowest BCUT2D eigenvalue weighted by Crippen LogP contribution is -2.35. The first-order valence-electron chi connectivity index (χ1n) is 6.62. The summed E-state index contributed by atoms with van der Waals surface area (Å²) in [7, 11) is 0. The van der Waals surface area contributed by atoms with Gasteiger partial charge in [0.05, 0.1) is 18.4 Å². The molecule has 0 atom stereocenters. The van der Waals surface area contributed by atoms with Crippen molar-refractivity contribution in [1.29, 1.82) is 0 Å². The third kappa shape index (κ3) is 4.48. The van der Waals surface area contributed by atoms with Crippen LogP contribution in [0.3, 0.4) is 0 Å². The van der Waals surface area contributed by atoms with Gasteiger partial charge in [0.1, 0.15) is 0 Å². The van der Waals surface area contributed by atoms with Crippen LogP contribution in [0.25, 0.3) is 0 Å². The molecular weight excluding hydrogens is 236 g/mol. The SMILES string of the molecule is Cc1ccc(Cn2cc(CNC(C)(C)C)nn2)cc1. The maximum Gasteiger partial charge on any atom is 0.0965 e. The summed E-state index contributed by atoms with van der Waals surface area (Å²) in [6.07, 6.45) is 2.00. The Hall–Kier alpha value is -1.68. The number of aryl methyl sites for hydroxylation is 1. The predicted molar refractivity (Wildman–Crippen MR) is 76.9 cm³/mol. The fraction of sp³-hybridized carbons (Fsp3) is 0.467. The van der Waals surface area contributed by atoms with E-state index in [9.17, 15) is 0 Å². The highest BCUT2D eigenvalue weighted by atomic mass is 15.4. The minimum absolute atomic E-state index is 0.0980. The summed E-state index contributed by atoms with van der Waals surface area (Å²) in [4.78, 5) is 0. The van der Waals surface area contributed by atoms with Crippen molar-refractivity contribution in [2.45, 2.75) is 46.3 Å². The highest BCUT2D eigenvalue weighted by molar-refractivity contribution is 5.21. The van der Waals surface area contributed by atoms with Crippen LogP contribution < -0.4 is 5.32 Å².